The second kappa shape index (κ2) is 3.76. The second-order valence-electron chi connectivity index (χ2n) is 1.34. The van der Waals surface area contributed by atoms with E-state index in [1.54, 1.807) is 11.9 Å². The average Bonchev–Trinajstić information content (AvgIpc) is 1.67. The molecule has 0 aromatic carbocycles. The van der Waals surface area contributed by atoms with Crippen LogP contribution in [0.15, 0.2) is 0 Å². The van der Waals surface area contributed by atoms with Gasteiger partial charge in [-0.25, -0.2) is 0 Å². The summed E-state index contributed by atoms with van der Waals surface area (Å²) in [6.45, 7) is 0.530. The van der Waals surface area contributed by atoms with E-state index in [9.17, 15) is 0 Å². The van der Waals surface area contributed by atoms with Crippen LogP contribution in [0.1, 0.15) is 0 Å². The zero-order valence-electron chi connectivity index (χ0n) is 4.59. The van der Waals surface area contributed by atoms with Crippen molar-refractivity contribution in [2.45, 2.75) is 0 Å². The summed E-state index contributed by atoms with van der Waals surface area (Å²) < 4.78 is 0.531. The minimum absolute atomic E-state index is 0.530. The lowest BCUT2D eigenvalue weighted by atomic mass is 10.6. The van der Waals surface area contributed by atoms with Gasteiger partial charge in [-0.3, -0.25) is 0 Å². The fourth-order valence-electron chi connectivity index (χ4n) is 0.205. The van der Waals surface area contributed by atoms with E-state index in [1.807, 2.05) is 0 Å². The summed E-state index contributed by atoms with van der Waals surface area (Å²) in [5.74, 6) is 2.44. The molecule has 0 unspecified atom stereocenters. The summed E-state index contributed by atoms with van der Waals surface area (Å²) in [4.78, 5) is 1.71. The summed E-state index contributed by atoms with van der Waals surface area (Å²) in [6.07, 6.45) is 4.98. The molecule has 1 nitrogen and oxygen atoms in total. The number of thiol groups is 1. The van der Waals surface area contributed by atoms with E-state index in [4.69, 9.17) is 6.42 Å². The van der Waals surface area contributed by atoms with Gasteiger partial charge in [0.25, 0.3) is 0 Å². The molecule has 0 fully saturated rings. The summed E-state index contributed by atoms with van der Waals surface area (Å²) in [5, 5.41) is 0. The molecule has 0 radical (unpaired) electrons. The predicted molar refractivity (Wildman–Crippen MR) is 43.0 cm³/mol. The van der Waals surface area contributed by atoms with Gasteiger partial charge >= 0.3 is 0 Å². The summed E-state index contributed by atoms with van der Waals surface area (Å²) in [7, 11) is 1.80. The van der Waals surface area contributed by atoms with E-state index in [0.717, 1.165) is 0 Å². The van der Waals surface area contributed by atoms with Crippen molar-refractivity contribution in [2.75, 3.05) is 13.6 Å². The fraction of sp³-hybridized carbons (Fsp3) is 0.400. The standard InChI is InChI=1S/C5H7NS2/c1-3-4-6(2)5(7)8/h1H,4H2,2H3,(H,7,8). The van der Waals surface area contributed by atoms with Gasteiger partial charge in [0.2, 0.25) is 0 Å². The minimum Gasteiger partial charge on any atom is -0.350 e. The largest absolute Gasteiger partial charge is 0.350 e. The van der Waals surface area contributed by atoms with Crippen LogP contribution in [0, 0.1) is 12.3 Å². The van der Waals surface area contributed by atoms with Crippen molar-refractivity contribution in [1.82, 2.24) is 4.90 Å². The van der Waals surface area contributed by atoms with Crippen molar-refractivity contribution in [3.05, 3.63) is 0 Å². The zero-order chi connectivity index (χ0) is 6.57. The minimum atomic E-state index is 0.530. The third-order valence-electron chi connectivity index (χ3n) is 0.655. The van der Waals surface area contributed by atoms with Crippen LogP contribution in [0.5, 0.6) is 0 Å². The maximum atomic E-state index is 4.98. The fourth-order valence-corrected chi connectivity index (χ4v) is 0.340. The molecule has 0 bridgehead atoms. The lowest BCUT2D eigenvalue weighted by Crippen LogP contribution is -2.20. The molecule has 0 atom stereocenters. The number of nitrogens with zero attached hydrogens (tertiary/aromatic N) is 1. The third-order valence-corrected chi connectivity index (χ3v) is 1.31. The van der Waals surface area contributed by atoms with Gasteiger partial charge in [-0.1, -0.05) is 18.1 Å². The van der Waals surface area contributed by atoms with Crippen LogP contribution in [0.2, 0.25) is 0 Å². The summed E-state index contributed by atoms with van der Waals surface area (Å²) >= 11 is 8.57. The van der Waals surface area contributed by atoms with Crippen LogP contribution in [-0.4, -0.2) is 22.8 Å². The maximum Gasteiger partial charge on any atom is 0.133 e. The van der Waals surface area contributed by atoms with E-state index in [0.29, 0.717) is 10.9 Å². The highest BCUT2D eigenvalue weighted by molar-refractivity contribution is 8.10. The van der Waals surface area contributed by atoms with Crippen molar-refractivity contribution in [2.24, 2.45) is 0 Å². The van der Waals surface area contributed by atoms with Crippen molar-refractivity contribution >= 4 is 29.2 Å². The van der Waals surface area contributed by atoms with E-state index in [-0.39, 0.29) is 0 Å². The van der Waals surface area contributed by atoms with Crippen molar-refractivity contribution in [1.29, 1.82) is 0 Å². The Bertz CT molecular complexity index is 125. The molecule has 0 aromatic rings. The van der Waals surface area contributed by atoms with Gasteiger partial charge in [0, 0.05) is 7.05 Å². The molecule has 0 aliphatic rings. The smallest absolute Gasteiger partial charge is 0.133 e. The molecule has 0 saturated heterocycles. The lowest BCUT2D eigenvalue weighted by molar-refractivity contribution is 0.596. The van der Waals surface area contributed by atoms with Gasteiger partial charge in [-0.05, 0) is 0 Å². The predicted octanol–water partition coefficient (Wildman–Crippen LogP) is 0.766. The van der Waals surface area contributed by atoms with Crippen LogP contribution >= 0.6 is 24.8 Å². The summed E-state index contributed by atoms with van der Waals surface area (Å²) in [5.41, 5.74) is 0. The lowest BCUT2D eigenvalue weighted by Gasteiger charge is -2.10. The monoisotopic (exact) mass is 145 g/mol. The Morgan fingerprint density at radius 1 is 2.00 bits per heavy atom. The highest BCUT2D eigenvalue weighted by atomic mass is 32.1. The first kappa shape index (κ1) is 7.80. The maximum absolute atomic E-state index is 4.98. The quantitative estimate of drug-likeness (QED) is 0.330. The first-order valence-corrected chi connectivity index (χ1v) is 2.91. The van der Waals surface area contributed by atoms with Crippen LogP contribution in [0.4, 0.5) is 0 Å². The molecule has 0 saturated carbocycles. The van der Waals surface area contributed by atoms with Crippen LogP contribution in [0.3, 0.4) is 0 Å². The first-order valence-electron chi connectivity index (χ1n) is 2.06. The average molecular weight is 145 g/mol. The van der Waals surface area contributed by atoms with Gasteiger partial charge in [0.05, 0.1) is 6.54 Å². The van der Waals surface area contributed by atoms with E-state index in [2.05, 4.69) is 30.8 Å². The van der Waals surface area contributed by atoms with Crippen LogP contribution in [0.25, 0.3) is 0 Å². The van der Waals surface area contributed by atoms with Gasteiger partial charge in [-0.2, -0.15) is 0 Å². The molecule has 3 heteroatoms. The second-order valence-corrected chi connectivity index (χ2v) is 2.46. The molecule has 0 amide bonds. The number of rotatable bonds is 1. The first-order chi connectivity index (χ1) is 3.68. The van der Waals surface area contributed by atoms with E-state index >= 15 is 0 Å². The third kappa shape index (κ3) is 2.89. The molecule has 0 aromatic heterocycles. The highest BCUT2D eigenvalue weighted by Crippen LogP contribution is 1.89. The van der Waals surface area contributed by atoms with Gasteiger partial charge in [-0.15, -0.1) is 19.1 Å². The molecular weight excluding hydrogens is 138 g/mol. The van der Waals surface area contributed by atoms with Crippen molar-refractivity contribution in [3.8, 4) is 12.3 Å². The zero-order valence-corrected chi connectivity index (χ0v) is 6.30. The Labute approximate surface area is 60.5 Å². The number of hydrogen-bond acceptors (Lipinski definition) is 1. The van der Waals surface area contributed by atoms with Crippen LogP contribution in [-0.2, 0) is 0 Å². The molecule has 0 heterocycles. The number of terminal acetylenes is 1. The molecule has 0 N–H and O–H groups in total. The van der Waals surface area contributed by atoms with E-state index in [1.165, 1.54) is 0 Å². The molecule has 0 spiro atoms. The Morgan fingerprint density at radius 3 is 2.62 bits per heavy atom. The highest BCUT2D eigenvalue weighted by Gasteiger charge is 1.92. The Hall–Kier alpha value is -0.200. The Kier molecular flexibility index (Phi) is 3.67. The molecular formula is C5H7NS2. The summed E-state index contributed by atoms with van der Waals surface area (Å²) in [6, 6.07) is 0. The Morgan fingerprint density at radius 2 is 2.50 bits per heavy atom. The molecule has 0 rings (SSSR count). The molecule has 0 aliphatic carbocycles. The molecule has 44 valence electrons. The van der Waals surface area contributed by atoms with E-state index < -0.39 is 0 Å². The molecule has 8 heavy (non-hydrogen) atoms. The number of thiocarbonyl (C=S) groups is 1. The van der Waals surface area contributed by atoms with Crippen molar-refractivity contribution < 1.29 is 0 Å². The SMILES string of the molecule is C#CCN(C)C(=S)S. The molecule has 0 aliphatic heterocycles. The Balaban J connectivity index is 3.52. The number of hydrogen-bond donors (Lipinski definition) is 1. The van der Waals surface area contributed by atoms with Gasteiger partial charge < -0.3 is 4.90 Å². The van der Waals surface area contributed by atoms with Gasteiger partial charge in [0.1, 0.15) is 4.32 Å². The van der Waals surface area contributed by atoms with Gasteiger partial charge in [0.15, 0.2) is 0 Å². The van der Waals surface area contributed by atoms with Crippen molar-refractivity contribution in [3.63, 3.8) is 0 Å². The topological polar surface area (TPSA) is 3.24 Å². The normalized spacial score (nSPS) is 7.62. The van der Waals surface area contributed by atoms with Crippen LogP contribution < -0.4 is 0 Å².